The molecule has 0 spiro atoms. The third kappa shape index (κ3) is 24.3. The van der Waals surface area contributed by atoms with E-state index in [1.54, 1.807) is 0 Å². The summed E-state index contributed by atoms with van der Waals surface area (Å²) in [7, 11) is 2.40. The van der Waals surface area contributed by atoms with Gasteiger partial charge >= 0.3 is 0 Å². The summed E-state index contributed by atoms with van der Waals surface area (Å²) in [5, 5.41) is 9.84. The monoisotopic (exact) mass is 517 g/mol. The van der Waals surface area contributed by atoms with Crippen molar-refractivity contribution >= 4 is 0 Å². The normalized spacial score (nSPS) is 12.6. The molecule has 2 nitrogen and oxygen atoms in total. The lowest BCUT2D eigenvalue weighted by Crippen LogP contribution is -3.00. The molecular formula is C32H68ClNO. The van der Waals surface area contributed by atoms with Gasteiger partial charge in [0.2, 0.25) is 0 Å². The minimum absolute atomic E-state index is 0. The van der Waals surface area contributed by atoms with Crippen molar-refractivity contribution in [1.29, 1.82) is 0 Å². The number of hydrogen-bond acceptors (Lipinski definition) is 1. The summed E-state index contributed by atoms with van der Waals surface area (Å²) in [6.45, 7) is 9.67. The van der Waals surface area contributed by atoms with Crippen LogP contribution < -0.4 is 12.4 Å². The number of nitrogens with zero attached hydrogens (tertiary/aromatic N) is 1. The molecule has 35 heavy (non-hydrogen) atoms. The maximum absolute atomic E-state index is 9.84. The van der Waals surface area contributed by atoms with Crippen LogP contribution in [0.1, 0.15) is 175 Å². The Hall–Kier alpha value is 0.210. The van der Waals surface area contributed by atoms with Gasteiger partial charge in [-0.25, -0.2) is 0 Å². The van der Waals surface area contributed by atoms with Crippen LogP contribution in [-0.4, -0.2) is 42.4 Å². The Balaban J connectivity index is 0. The van der Waals surface area contributed by atoms with Gasteiger partial charge in [0.1, 0.15) is 6.04 Å². The SMILES string of the molecule is CCCCCCCCCCCCCC[N+](C)(CCCCCCCCCCCCCC)C(C)CO.[Cl-]. The molecule has 0 bridgehead atoms. The summed E-state index contributed by atoms with van der Waals surface area (Å²) in [6.07, 6.45) is 34.0. The smallest absolute Gasteiger partial charge is 0.109 e. The lowest BCUT2D eigenvalue weighted by atomic mass is 10.0. The third-order valence-electron chi connectivity index (χ3n) is 8.37. The van der Waals surface area contributed by atoms with E-state index in [2.05, 4.69) is 27.8 Å². The first-order chi connectivity index (χ1) is 16.6. The Kier molecular flexibility index (Phi) is 30.7. The zero-order chi connectivity index (χ0) is 25.2. The third-order valence-corrected chi connectivity index (χ3v) is 8.37. The first kappa shape index (κ1) is 37.4. The average Bonchev–Trinajstić information content (AvgIpc) is 2.84. The molecule has 0 fully saturated rings. The van der Waals surface area contributed by atoms with Crippen LogP contribution in [0.3, 0.4) is 0 Å². The molecule has 0 aromatic heterocycles. The van der Waals surface area contributed by atoms with Crippen LogP contribution >= 0.6 is 0 Å². The second-order valence-electron chi connectivity index (χ2n) is 11.7. The highest BCUT2D eigenvalue weighted by atomic mass is 35.5. The van der Waals surface area contributed by atoms with E-state index < -0.39 is 0 Å². The van der Waals surface area contributed by atoms with Crippen LogP contribution in [0, 0.1) is 0 Å². The van der Waals surface area contributed by atoms with E-state index in [-0.39, 0.29) is 12.4 Å². The fourth-order valence-electron chi connectivity index (χ4n) is 5.38. The maximum atomic E-state index is 9.84. The van der Waals surface area contributed by atoms with E-state index >= 15 is 0 Å². The minimum Gasteiger partial charge on any atom is -1.00 e. The molecule has 0 radical (unpaired) electrons. The van der Waals surface area contributed by atoms with Crippen molar-refractivity contribution < 1.29 is 22.0 Å². The molecule has 3 heteroatoms. The lowest BCUT2D eigenvalue weighted by Gasteiger charge is -2.39. The summed E-state index contributed by atoms with van der Waals surface area (Å²) in [5.74, 6) is 0. The number of aliphatic hydroxyl groups excluding tert-OH is 1. The summed E-state index contributed by atoms with van der Waals surface area (Å²) in [4.78, 5) is 0. The zero-order valence-corrected chi connectivity index (χ0v) is 25.7. The van der Waals surface area contributed by atoms with Gasteiger partial charge in [0.25, 0.3) is 0 Å². The van der Waals surface area contributed by atoms with Gasteiger partial charge in [-0.15, -0.1) is 0 Å². The predicted molar refractivity (Wildman–Crippen MR) is 155 cm³/mol. The number of hydrogen-bond donors (Lipinski definition) is 1. The quantitative estimate of drug-likeness (QED) is 0.0857. The number of rotatable bonds is 28. The Morgan fingerprint density at radius 2 is 0.686 bits per heavy atom. The summed E-state index contributed by atoms with van der Waals surface area (Å²) in [6, 6.07) is 0.375. The van der Waals surface area contributed by atoms with Gasteiger partial charge < -0.3 is 22.0 Å². The van der Waals surface area contributed by atoms with Crippen molar-refractivity contribution in [2.75, 3.05) is 26.7 Å². The highest BCUT2D eigenvalue weighted by Crippen LogP contribution is 2.18. The van der Waals surface area contributed by atoms with Crippen molar-refractivity contribution in [2.24, 2.45) is 0 Å². The van der Waals surface area contributed by atoms with Crippen LogP contribution in [0.25, 0.3) is 0 Å². The van der Waals surface area contributed by atoms with Crippen LogP contribution in [0.5, 0.6) is 0 Å². The minimum atomic E-state index is 0. The highest BCUT2D eigenvalue weighted by molar-refractivity contribution is 4.55. The Labute approximate surface area is 229 Å². The van der Waals surface area contributed by atoms with Crippen molar-refractivity contribution in [3.63, 3.8) is 0 Å². The fourth-order valence-corrected chi connectivity index (χ4v) is 5.38. The largest absolute Gasteiger partial charge is 1.00 e. The standard InChI is InChI=1S/C32H68NO.ClH/c1-5-7-9-11-13-15-17-19-21-23-25-27-29-33(4,32(3)31-34)30-28-26-24-22-20-18-16-14-12-10-8-6-2;/h32,34H,5-31H2,1-4H3;1H/q+1;/p-1. The van der Waals surface area contributed by atoms with Gasteiger partial charge in [0.05, 0.1) is 26.7 Å². The van der Waals surface area contributed by atoms with Crippen molar-refractivity contribution in [3.05, 3.63) is 0 Å². The number of halogens is 1. The molecule has 0 aromatic carbocycles. The molecule has 1 atom stereocenters. The first-order valence-corrected chi connectivity index (χ1v) is 16.1. The Morgan fingerprint density at radius 1 is 0.457 bits per heavy atom. The molecule has 214 valence electrons. The van der Waals surface area contributed by atoms with Crippen molar-refractivity contribution in [3.8, 4) is 0 Å². The van der Waals surface area contributed by atoms with E-state index in [0.717, 1.165) is 4.48 Å². The molecule has 0 rings (SSSR count). The molecular weight excluding hydrogens is 450 g/mol. The molecule has 0 amide bonds. The molecule has 0 saturated heterocycles. The zero-order valence-electron chi connectivity index (χ0n) is 24.9. The van der Waals surface area contributed by atoms with Gasteiger partial charge in [-0.3, -0.25) is 0 Å². The molecule has 1 N–H and O–H groups in total. The van der Waals surface area contributed by atoms with Crippen LogP contribution in [0.2, 0.25) is 0 Å². The lowest BCUT2D eigenvalue weighted by molar-refractivity contribution is -0.932. The Morgan fingerprint density at radius 3 is 0.914 bits per heavy atom. The molecule has 0 aromatic rings. The topological polar surface area (TPSA) is 20.2 Å². The fraction of sp³-hybridized carbons (Fsp3) is 1.00. The number of quaternary nitrogens is 1. The highest BCUT2D eigenvalue weighted by Gasteiger charge is 2.27. The van der Waals surface area contributed by atoms with E-state index in [4.69, 9.17) is 0 Å². The Bertz CT molecular complexity index is 362. The van der Waals surface area contributed by atoms with Gasteiger partial charge in [-0.1, -0.05) is 142 Å². The van der Waals surface area contributed by atoms with Gasteiger partial charge in [-0.05, 0) is 32.6 Å². The molecule has 0 aliphatic carbocycles. The summed E-state index contributed by atoms with van der Waals surface area (Å²) < 4.78 is 1.08. The number of unbranched alkanes of at least 4 members (excludes halogenated alkanes) is 22. The molecule has 0 aliphatic rings. The van der Waals surface area contributed by atoms with Gasteiger partial charge in [0, 0.05) is 0 Å². The molecule has 1 unspecified atom stereocenters. The van der Waals surface area contributed by atoms with Crippen molar-refractivity contribution in [1.82, 2.24) is 0 Å². The summed E-state index contributed by atoms with van der Waals surface area (Å²) >= 11 is 0. The average molecular weight is 518 g/mol. The van der Waals surface area contributed by atoms with E-state index in [1.807, 2.05) is 0 Å². The van der Waals surface area contributed by atoms with Gasteiger partial charge in [0.15, 0.2) is 0 Å². The first-order valence-electron chi connectivity index (χ1n) is 16.1. The number of aliphatic hydroxyl groups is 1. The summed E-state index contributed by atoms with van der Waals surface area (Å²) in [5.41, 5.74) is 0. The molecule has 0 heterocycles. The second kappa shape index (κ2) is 28.8. The van der Waals surface area contributed by atoms with Crippen LogP contribution in [-0.2, 0) is 0 Å². The number of likely N-dealkylation sites (N-methyl/N-ethyl adjacent to an activating group) is 1. The van der Waals surface area contributed by atoms with Crippen molar-refractivity contribution in [2.45, 2.75) is 181 Å². The van der Waals surface area contributed by atoms with Gasteiger partial charge in [-0.2, -0.15) is 0 Å². The van der Waals surface area contributed by atoms with E-state index in [1.165, 1.54) is 167 Å². The molecule has 0 aliphatic heterocycles. The van der Waals surface area contributed by atoms with E-state index in [0.29, 0.717) is 12.6 Å². The van der Waals surface area contributed by atoms with E-state index in [9.17, 15) is 5.11 Å². The van der Waals surface area contributed by atoms with Crippen LogP contribution in [0.15, 0.2) is 0 Å². The molecule has 0 saturated carbocycles. The maximum Gasteiger partial charge on any atom is 0.109 e. The second-order valence-corrected chi connectivity index (χ2v) is 11.7. The van der Waals surface area contributed by atoms with Crippen LogP contribution in [0.4, 0.5) is 0 Å². The predicted octanol–water partition coefficient (Wildman–Crippen LogP) is 7.22.